The Morgan fingerprint density at radius 3 is 3.06 bits per heavy atom. The van der Waals surface area contributed by atoms with Gasteiger partial charge in [0.25, 0.3) is 0 Å². The van der Waals surface area contributed by atoms with E-state index < -0.39 is 12.2 Å². The van der Waals surface area contributed by atoms with E-state index in [0.29, 0.717) is 6.61 Å². The fraction of sp³-hybridized carbons (Fsp3) is 0.250. The molecule has 0 saturated heterocycles. The number of carbonyl (C=O) groups excluding carboxylic acids is 1. The highest BCUT2D eigenvalue weighted by Crippen LogP contribution is 2.24. The van der Waals surface area contributed by atoms with Gasteiger partial charge in [0, 0.05) is 11.9 Å². The molecule has 1 atom stereocenters. The molecule has 0 aliphatic carbocycles. The topological polar surface area (TPSA) is 49.8 Å². The Kier molecular flexibility index (Phi) is 2.92. The van der Waals surface area contributed by atoms with E-state index in [4.69, 9.17) is 4.74 Å². The Labute approximate surface area is 93.8 Å². The number of allylic oxidation sites excluding steroid dienone is 5. The molecule has 0 bridgehead atoms. The van der Waals surface area contributed by atoms with Crippen LogP contribution < -0.4 is 0 Å². The summed E-state index contributed by atoms with van der Waals surface area (Å²) >= 11 is 0. The minimum absolute atomic E-state index is 0.255. The smallest absolute Gasteiger partial charge is 0.338 e. The van der Waals surface area contributed by atoms with E-state index in [1.54, 1.807) is 36.3 Å². The maximum Gasteiger partial charge on any atom is 0.338 e. The molecule has 2 rings (SSSR count). The fourth-order valence-electron chi connectivity index (χ4n) is 1.63. The number of hydrogen-bond donors (Lipinski definition) is 1. The first-order valence-corrected chi connectivity index (χ1v) is 5.14. The predicted octanol–water partition coefficient (Wildman–Crippen LogP) is 1.08. The molecule has 16 heavy (non-hydrogen) atoms. The van der Waals surface area contributed by atoms with Crippen LogP contribution in [0.2, 0.25) is 0 Å². The van der Waals surface area contributed by atoms with E-state index in [2.05, 4.69) is 0 Å². The molecule has 4 heteroatoms. The van der Waals surface area contributed by atoms with E-state index in [0.717, 1.165) is 5.70 Å². The second-order valence-corrected chi connectivity index (χ2v) is 3.42. The number of ether oxygens (including phenoxy) is 1. The number of nitrogens with zero attached hydrogens (tertiary/aromatic N) is 1. The highest BCUT2D eigenvalue weighted by Gasteiger charge is 2.28. The van der Waals surface area contributed by atoms with Gasteiger partial charge >= 0.3 is 5.97 Å². The van der Waals surface area contributed by atoms with Gasteiger partial charge in [-0.1, -0.05) is 6.08 Å². The SMILES string of the molecule is CCOC(=O)C1=CC=C2C=CC=CN2[C@@H]1O. The third-order valence-corrected chi connectivity index (χ3v) is 2.41. The number of rotatable bonds is 2. The van der Waals surface area contributed by atoms with Crippen LogP contribution in [-0.2, 0) is 9.53 Å². The summed E-state index contributed by atoms with van der Waals surface area (Å²) in [6, 6.07) is 0. The van der Waals surface area contributed by atoms with Crippen LogP contribution >= 0.6 is 0 Å². The fourth-order valence-corrected chi connectivity index (χ4v) is 1.63. The molecule has 4 nitrogen and oxygen atoms in total. The summed E-state index contributed by atoms with van der Waals surface area (Å²) in [7, 11) is 0. The van der Waals surface area contributed by atoms with Crippen molar-refractivity contribution in [3.05, 3.63) is 47.9 Å². The van der Waals surface area contributed by atoms with Crippen molar-refractivity contribution in [2.24, 2.45) is 0 Å². The Balaban J connectivity index is 2.25. The average Bonchev–Trinajstić information content (AvgIpc) is 2.30. The minimum Gasteiger partial charge on any atom is -0.463 e. The normalized spacial score (nSPS) is 22.4. The molecule has 1 N–H and O–H groups in total. The van der Waals surface area contributed by atoms with Crippen LogP contribution in [0.1, 0.15) is 6.92 Å². The summed E-state index contributed by atoms with van der Waals surface area (Å²) < 4.78 is 4.87. The van der Waals surface area contributed by atoms with E-state index in [9.17, 15) is 9.90 Å². The van der Waals surface area contributed by atoms with Crippen molar-refractivity contribution < 1.29 is 14.6 Å². The van der Waals surface area contributed by atoms with Crippen molar-refractivity contribution in [2.75, 3.05) is 6.61 Å². The second kappa shape index (κ2) is 4.37. The van der Waals surface area contributed by atoms with E-state index in [1.165, 1.54) is 0 Å². The molecule has 2 aliphatic rings. The molecular formula is C12H13NO3. The number of hydrogen-bond acceptors (Lipinski definition) is 4. The molecule has 0 fully saturated rings. The zero-order valence-electron chi connectivity index (χ0n) is 8.96. The molecule has 0 aromatic carbocycles. The van der Waals surface area contributed by atoms with Crippen molar-refractivity contribution in [3.8, 4) is 0 Å². The summed E-state index contributed by atoms with van der Waals surface area (Å²) in [6.45, 7) is 2.04. The van der Waals surface area contributed by atoms with Crippen LogP contribution in [0.25, 0.3) is 0 Å². The zero-order valence-corrected chi connectivity index (χ0v) is 8.96. The quantitative estimate of drug-likeness (QED) is 0.706. The van der Waals surface area contributed by atoms with E-state index >= 15 is 0 Å². The molecule has 0 amide bonds. The van der Waals surface area contributed by atoms with Crippen molar-refractivity contribution in [2.45, 2.75) is 13.2 Å². The maximum atomic E-state index is 11.5. The highest BCUT2D eigenvalue weighted by atomic mass is 16.5. The maximum absolute atomic E-state index is 11.5. The van der Waals surface area contributed by atoms with Gasteiger partial charge in [-0.2, -0.15) is 0 Å². The number of fused-ring (bicyclic) bond motifs is 1. The molecule has 0 aromatic heterocycles. The van der Waals surface area contributed by atoms with Gasteiger partial charge in [-0.05, 0) is 31.2 Å². The van der Waals surface area contributed by atoms with Crippen LogP contribution in [-0.4, -0.2) is 28.8 Å². The average molecular weight is 219 g/mol. The summed E-state index contributed by atoms with van der Waals surface area (Å²) in [5.74, 6) is -0.478. The number of carbonyl (C=O) groups is 1. The Morgan fingerprint density at radius 2 is 2.31 bits per heavy atom. The van der Waals surface area contributed by atoms with Crippen molar-refractivity contribution >= 4 is 5.97 Å². The standard InChI is InChI=1S/C12H13NO3/c1-2-16-12(15)10-7-6-9-5-3-4-8-13(9)11(10)14/h3-8,11,14H,2H2,1H3/t11-/m1/s1. The molecule has 2 heterocycles. The first-order valence-electron chi connectivity index (χ1n) is 5.14. The van der Waals surface area contributed by atoms with E-state index in [1.807, 2.05) is 12.2 Å². The summed E-state index contributed by atoms with van der Waals surface area (Å²) in [6.07, 6.45) is 9.66. The van der Waals surface area contributed by atoms with Gasteiger partial charge in [-0.3, -0.25) is 0 Å². The Morgan fingerprint density at radius 1 is 1.50 bits per heavy atom. The van der Waals surface area contributed by atoms with Crippen molar-refractivity contribution in [1.29, 1.82) is 0 Å². The molecule has 0 aromatic rings. The summed E-state index contributed by atoms with van der Waals surface area (Å²) in [5, 5.41) is 9.99. The number of aliphatic hydroxyl groups is 1. The van der Waals surface area contributed by atoms with Crippen LogP contribution in [0, 0.1) is 0 Å². The van der Waals surface area contributed by atoms with Gasteiger partial charge in [0.2, 0.25) is 0 Å². The number of aliphatic hydroxyl groups excluding tert-OH is 1. The zero-order chi connectivity index (χ0) is 11.5. The molecule has 0 saturated carbocycles. The van der Waals surface area contributed by atoms with Gasteiger partial charge in [0.15, 0.2) is 6.23 Å². The van der Waals surface area contributed by atoms with Crippen molar-refractivity contribution in [1.82, 2.24) is 4.90 Å². The third-order valence-electron chi connectivity index (χ3n) is 2.41. The summed E-state index contributed by atoms with van der Waals surface area (Å²) in [5.41, 5.74) is 1.11. The van der Waals surface area contributed by atoms with Crippen LogP contribution in [0.15, 0.2) is 47.9 Å². The molecule has 84 valence electrons. The summed E-state index contributed by atoms with van der Waals surface area (Å²) in [4.78, 5) is 13.2. The molecule has 0 radical (unpaired) electrons. The lowest BCUT2D eigenvalue weighted by atomic mass is 10.1. The monoisotopic (exact) mass is 219 g/mol. The predicted molar refractivity (Wildman–Crippen MR) is 58.9 cm³/mol. The van der Waals surface area contributed by atoms with Gasteiger partial charge < -0.3 is 14.7 Å². The molecule has 2 aliphatic heterocycles. The lowest BCUT2D eigenvalue weighted by Crippen LogP contribution is -2.37. The van der Waals surface area contributed by atoms with Gasteiger partial charge in [-0.15, -0.1) is 0 Å². The lowest BCUT2D eigenvalue weighted by molar-refractivity contribution is -0.140. The number of esters is 1. The van der Waals surface area contributed by atoms with Gasteiger partial charge in [0.1, 0.15) is 0 Å². The van der Waals surface area contributed by atoms with E-state index in [-0.39, 0.29) is 5.57 Å². The van der Waals surface area contributed by atoms with Crippen molar-refractivity contribution in [3.63, 3.8) is 0 Å². The van der Waals surface area contributed by atoms with Gasteiger partial charge in [-0.25, -0.2) is 4.79 Å². The largest absolute Gasteiger partial charge is 0.463 e. The minimum atomic E-state index is -0.972. The second-order valence-electron chi connectivity index (χ2n) is 3.42. The molecular weight excluding hydrogens is 206 g/mol. The lowest BCUT2D eigenvalue weighted by Gasteiger charge is -2.32. The molecule has 0 unspecified atom stereocenters. The Hall–Kier alpha value is -1.81. The first kappa shape index (κ1) is 10.7. The highest BCUT2D eigenvalue weighted by molar-refractivity contribution is 5.90. The first-order chi connectivity index (χ1) is 7.74. The molecule has 0 spiro atoms. The van der Waals surface area contributed by atoms with Crippen LogP contribution in [0.5, 0.6) is 0 Å². The third kappa shape index (κ3) is 1.79. The van der Waals surface area contributed by atoms with Crippen LogP contribution in [0.3, 0.4) is 0 Å². The van der Waals surface area contributed by atoms with Crippen LogP contribution in [0.4, 0.5) is 0 Å². The Bertz CT molecular complexity index is 418. The van der Waals surface area contributed by atoms with Gasteiger partial charge in [0.05, 0.1) is 12.2 Å².